The van der Waals surface area contributed by atoms with Gasteiger partial charge in [0.2, 0.25) is 0 Å². The van der Waals surface area contributed by atoms with Crippen LogP contribution in [0.2, 0.25) is 0 Å². The van der Waals surface area contributed by atoms with E-state index in [4.69, 9.17) is 4.18 Å². The van der Waals surface area contributed by atoms with Gasteiger partial charge in [-0.15, -0.1) is 23.1 Å². The molecule has 0 amide bonds. The molecule has 0 N–H and O–H groups in total. The number of aryl methyl sites for hydroxylation is 3. The van der Waals surface area contributed by atoms with E-state index >= 15 is 0 Å². The molecule has 0 atom stereocenters. The number of thioether (sulfide) groups is 1. The molecule has 1 aliphatic rings. The number of thiophene rings is 1. The van der Waals surface area contributed by atoms with Crippen molar-refractivity contribution in [1.82, 2.24) is 9.97 Å². The molecule has 0 radical (unpaired) electrons. The molecule has 1 aromatic carbocycles. The summed E-state index contributed by atoms with van der Waals surface area (Å²) in [7, 11) is -3.63. The van der Waals surface area contributed by atoms with E-state index in [2.05, 4.69) is 9.97 Å². The Labute approximate surface area is 161 Å². The summed E-state index contributed by atoms with van der Waals surface area (Å²) in [5, 5.41) is 2.02. The van der Waals surface area contributed by atoms with Crippen molar-refractivity contribution < 1.29 is 12.6 Å². The standard InChI is InChI=1S/C18H18N2O3S3/c1-12-19-17(16-14-8-5-9-15(14)25-18(16)20-12)24-10-11-26(21,22)23-13-6-3-2-4-7-13/h2-4,6-7H,5,8-11H2,1H3. The van der Waals surface area contributed by atoms with Crippen LogP contribution >= 0.6 is 23.1 Å². The van der Waals surface area contributed by atoms with Gasteiger partial charge in [0.1, 0.15) is 21.4 Å². The Bertz CT molecular complexity index is 1050. The summed E-state index contributed by atoms with van der Waals surface area (Å²) < 4.78 is 29.5. The molecule has 0 spiro atoms. The lowest BCUT2D eigenvalue weighted by molar-refractivity contribution is 0.488. The summed E-state index contributed by atoms with van der Waals surface area (Å²) in [5.74, 6) is 1.39. The minimum absolute atomic E-state index is 0.0660. The average molecular weight is 407 g/mol. The zero-order chi connectivity index (χ0) is 18.1. The topological polar surface area (TPSA) is 69.2 Å². The van der Waals surface area contributed by atoms with Crippen molar-refractivity contribution in [2.24, 2.45) is 0 Å². The molecule has 5 nitrogen and oxygen atoms in total. The van der Waals surface area contributed by atoms with Crippen molar-refractivity contribution >= 4 is 43.4 Å². The van der Waals surface area contributed by atoms with Crippen LogP contribution in [0, 0.1) is 6.92 Å². The zero-order valence-corrected chi connectivity index (χ0v) is 16.7. The molecule has 0 bridgehead atoms. The lowest BCUT2D eigenvalue weighted by atomic mass is 10.2. The molecular weight excluding hydrogens is 388 g/mol. The van der Waals surface area contributed by atoms with E-state index in [1.54, 1.807) is 35.6 Å². The predicted octanol–water partition coefficient (Wildman–Crippen LogP) is 3.99. The van der Waals surface area contributed by atoms with Crippen LogP contribution in [0.1, 0.15) is 22.7 Å². The number of aromatic nitrogens is 2. The molecule has 2 heterocycles. The molecule has 8 heteroatoms. The highest BCUT2D eigenvalue weighted by molar-refractivity contribution is 8.00. The van der Waals surface area contributed by atoms with E-state index in [9.17, 15) is 8.42 Å². The number of hydrogen-bond acceptors (Lipinski definition) is 7. The van der Waals surface area contributed by atoms with Crippen molar-refractivity contribution in [2.45, 2.75) is 31.2 Å². The van der Waals surface area contributed by atoms with Crippen molar-refractivity contribution in [2.75, 3.05) is 11.5 Å². The smallest absolute Gasteiger partial charge is 0.310 e. The van der Waals surface area contributed by atoms with Crippen LogP contribution < -0.4 is 4.18 Å². The summed E-state index contributed by atoms with van der Waals surface area (Å²) in [4.78, 5) is 11.6. The summed E-state index contributed by atoms with van der Waals surface area (Å²) in [6.07, 6.45) is 3.35. The molecular formula is C18H18N2O3S3. The number of nitrogens with zero attached hydrogens (tertiary/aromatic N) is 2. The van der Waals surface area contributed by atoms with Crippen LogP contribution in [-0.4, -0.2) is 29.9 Å². The quantitative estimate of drug-likeness (QED) is 0.350. The van der Waals surface area contributed by atoms with Gasteiger partial charge in [0.05, 0.1) is 5.75 Å². The fraction of sp³-hybridized carbons (Fsp3) is 0.333. The van der Waals surface area contributed by atoms with Gasteiger partial charge in [0, 0.05) is 16.0 Å². The molecule has 2 aromatic heterocycles. The fourth-order valence-electron chi connectivity index (χ4n) is 3.07. The van der Waals surface area contributed by atoms with Gasteiger partial charge in [-0.05, 0) is 43.9 Å². The van der Waals surface area contributed by atoms with E-state index in [-0.39, 0.29) is 5.75 Å². The van der Waals surface area contributed by atoms with Gasteiger partial charge in [-0.25, -0.2) is 9.97 Å². The SMILES string of the molecule is Cc1nc(SCCS(=O)(=O)Oc2ccccc2)c2c3c(sc2n1)CCC3. The molecule has 4 rings (SSSR count). The first-order valence-corrected chi connectivity index (χ1v) is 11.8. The van der Waals surface area contributed by atoms with Crippen LogP contribution in [0.25, 0.3) is 10.2 Å². The van der Waals surface area contributed by atoms with Crippen LogP contribution in [0.5, 0.6) is 5.75 Å². The van der Waals surface area contributed by atoms with Crippen molar-refractivity contribution in [1.29, 1.82) is 0 Å². The fourth-order valence-corrected chi connectivity index (χ4v) is 6.84. The number of benzene rings is 1. The van der Waals surface area contributed by atoms with Crippen molar-refractivity contribution in [3.63, 3.8) is 0 Å². The first kappa shape index (κ1) is 17.8. The van der Waals surface area contributed by atoms with Gasteiger partial charge in [0.15, 0.2) is 0 Å². The van der Waals surface area contributed by atoms with Crippen LogP contribution in [0.15, 0.2) is 35.4 Å². The summed E-state index contributed by atoms with van der Waals surface area (Å²) in [6.45, 7) is 1.88. The molecule has 0 aliphatic heterocycles. The monoisotopic (exact) mass is 406 g/mol. The Morgan fingerprint density at radius 2 is 2.00 bits per heavy atom. The number of para-hydroxylation sites is 1. The average Bonchev–Trinajstić information content (AvgIpc) is 3.15. The van der Waals surface area contributed by atoms with E-state index in [1.807, 2.05) is 13.0 Å². The minimum atomic E-state index is -3.63. The highest BCUT2D eigenvalue weighted by atomic mass is 32.2. The minimum Gasteiger partial charge on any atom is -0.382 e. The lowest BCUT2D eigenvalue weighted by Crippen LogP contribution is -2.15. The van der Waals surface area contributed by atoms with E-state index in [0.29, 0.717) is 11.5 Å². The van der Waals surface area contributed by atoms with E-state index in [0.717, 1.165) is 33.9 Å². The number of hydrogen-bond donors (Lipinski definition) is 0. The second-order valence-corrected chi connectivity index (χ2v) is 9.98. The molecule has 3 aromatic rings. The van der Waals surface area contributed by atoms with Gasteiger partial charge in [-0.2, -0.15) is 8.42 Å². The maximum atomic E-state index is 12.2. The van der Waals surface area contributed by atoms with E-state index < -0.39 is 10.1 Å². The summed E-state index contributed by atoms with van der Waals surface area (Å²) in [5.41, 5.74) is 1.36. The Morgan fingerprint density at radius 1 is 1.19 bits per heavy atom. The first-order valence-electron chi connectivity index (χ1n) is 8.41. The van der Waals surface area contributed by atoms with Gasteiger partial charge in [-0.1, -0.05) is 18.2 Å². The Kier molecular flexibility index (Phi) is 4.90. The molecule has 0 saturated carbocycles. The third kappa shape index (κ3) is 3.72. The van der Waals surface area contributed by atoms with Gasteiger partial charge in [-0.3, -0.25) is 0 Å². The van der Waals surface area contributed by atoms with Crippen molar-refractivity contribution in [3.05, 3.63) is 46.6 Å². The van der Waals surface area contributed by atoms with Crippen LogP contribution in [0.3, 0.4) is 0 Å². The molecule has 1 aliphatic carbocycles. The normalized spacial score (nSPS) is 13.9. The Hall–Kier alpha value is -1.64. The zero-order valence-electron chi connectivity index (χ0n) is 14.3. The molecule has 136 valence electrons. The maximum absolute atomic E-state index is 12.2. The lowest BCUT2D eigenvalue weighted by Gasteiger charge is -2.08. The van der Waals surface area contributed by atoms with Crippen LogP contribution in [0.4, 0.5) is 0 Å². The third-order valence-corrected chi connectivity index (χ3v) is 7.75. The van der Waals surface area contributed by atoms with Crippen LogP contribution in [-0.2, 0) is 23.0 Å². The molecule has 26 heavy (non-hydrogen) atoms. The van der Waals surface area contributed by atoms with Gasteiger partial charge < -0.3 is 4.18 Å². The van der Waals surface area contributed by atoms with Gasteiger partial charge in [0.25, 0.3) is 0 Å². The Balaban J connectivity index is 1.50. The maximum Gasteiger partial charge on any atom is 0.310 e. The second-order valence-electron chi connectivity index (χ2n) is 6.12. The largest absolute Gasteiger partial charge is 0.382 e. The van der Waals surface area contributed by atoms with Gasteiger partial charge >= 0.3 is 10.1 Å². The highest BCUT2D eigenvalue weighted by Gasteiger charge is 2.22. The molecule has 0 fully saturated rings. The predicted molar refractivity (Wildman–Crippen MR) is 106 cm³/mol. The van der Waals surface area contributed by atoms with Crippen molar-refractivity contribution in [3.8, 4) is 5.75 Å². The second kappa shape index (κ2) is 7.17. The summed E-state index contributed by atoms with van der Waals surface area (Å²) in [6, 6.07) is 8.58. The number of rotatable bonds is 6. The van der Waals surface area contributed by atoms with E-state index in [1.165, 1.54) is 28.6 Å². The first-order chi connectivity index (χ1) is 12.5. The molecule has 0 unspecified atom stereocenters. The molecule has 0 saturated heterocycles. The number of fused-ring (bicyclic) bond motifs is 3. The third-order valence-electron chi connectivity index (χ3n) is 4.18. The summed E-state index contributed by atoms with van der Waals surface area (Å²) >= 11 is 3.22. The highest BCUT2D eigenvalue weighted by Crippen LogP contribution is 2.40. The Morgan fingerprint density at radius 3 is 2.81 bits per heavy atom.